The summed E-state index contributed by atoms with van der Waals surface area (Å²) >= 11 is 3.59. The highest BCUT2D eigenvalue weighted by Crippen LogP contribution is 2.33. The van der Waals surface area contributed by atoms with Gasteiger partial charge in [0.05, 0.1) is 14.2 Å². The number of amides is 1. The van der Waals surface area contributed by atoms with Gasteiger partial charge in [-0.3, -0.25) is 4.79 Å². The van der Waals surface area contributed by atoms with Gasteiger partial charge in [0, 0.05) is 28.8 Å². The van der Waals surface area contributed by atoms with E-state index in [1.807, 2.05) is 67.6 Å². The summed E-state index contributed by atoms with van der Waals surface area (Å²) in [5.41, 5.74) is 3.95. The number of methoxy groups -OCH3 is 2. The molecule has 0 heterocycles. The van der Waals surface area contributed by atoms with Crippen molar-refractivity contribution in [1.29, 1.82) is 0 Å². The molecule has 32 heavy (non-hydrogen) atoms. The van der Waals surface area contributed by atoms with E-state index < -0.39 is 0 Å². The molecule has 0 saturated carbocycles. The molecule has 3 rings (SSSR count). The highest BCUT2D eigenvalue weighted by atomic mass is 79.9. The number of hydrogen-bond donors (Lipinski definition) is 2. The van der Waals surface area contributed by atoms with Crippen molar-refractivity contribution in [3.05, 3.63) is 81.8 Å². The minimum absolute atomic E-state index is 0.123. The summed E-state index contributed by atoms with van der Waals surface area (Å²) in [7, 11) is 3.24. The van der Waals surface area contributed by atoms with Crippen LogP contribution < -0.4 is 24.8 Å². The lowest BCUT2D eigenvalue weighted by Crippen LogP contribution is -2.20. The third-order valence-corrected chi connectivity index (χ3v) is 5.59. The molecular formula is C25H27BrN2O4. The number of aryl methyl sites for hydroxylation is 1. The maximum Gasteiger partial charge on any atom is 0.262 e. The quantitative estimate of drug-likeness (QED) is 0.407. The molecule has 0 aliphatic rings. The molecule has 2 N–H and O–H groups in total. The Morgan fingerprint density at radius 3 is 2.28 bits per heavy atom. The summed E-state index contributed by atoms with van der Waals surface area (Å²) in [6.45, 7) is 3.15. The highest BCUT2D eigenvalue weighted by molar-refractivity contribution is 9.10. The van der Waals surface area contributed by atoms with Crippen LogP contribution in [0.1, 0.15) is 16.7 Å². The smallest absolute Gasteiger partial charge is 0.262 e. The third-order valence-electron chi connectivity index (χ3n) is 4.85. The minimum Gasteiger partial charge on any atom is -0.496 e. The number of anilines is 1. The summed E-state index contributed by atoms with van der Waals surface area (Å²) in [5.74, 6) is 1.66. The van der Waals surface area contributed by atoms with Crippen LogP contribution in [0.15, 0.2) is 65.1 Å². The molecule has 0 aliphatic carbocycles. The fourth-order valence-corrected chi connectivity index (χ4v) is 3.61. The molecule has 168 valence electrons. The number of hydrogen-bond acceptors (Lipinski definition) is 5. The van der Waals surface area contributed by atoms with Crippen molar-refractivity contribution < 1.29 is 19.0 Å². The van der Waals surface area contributed by atoms with Crippen LogP contribution in [0, 0.1) is 6.92 Å². The molecule has 3 aromatic rings. The van der Waals surface area contributed by atoms with Gasteiger partial charge < -0.3 is 24.8 Å². The Kier molecular flexibility index (Phi) is 8.53. The first kappa shape index (κ1) is 23.6. The summed E-state index contributed by atoms with van der Waals surface area (Å²) in [4.78, 5) is 12.2. The maximum absolute atomic E-state index is 12.2. The average molecular weight is 499 g/mol. The summed E-state index contributed by atoms with van der Waals surface area (Å²) < 4.78 is 17.5. The number of carbonyl (C=O) groups is 1. The zero-order valence-corrected chi connectivity index (χ0v) is 20.0. The zero-order chi connectivity index (χ0) is 22.9. The van der Waals surface area contributed by atoms with E-state index in [4.69, 9.17) is 14.2 Å². The fraction of sp³-hybridized carbons (Fsp3) is 0.240. The molecule has 0 atom stereocenters. The van der Waals surface area contributed by atoms with Crippen LogP contribution >= 0.6 is 15.9 Å². The molecule has 0 radical (unpaired) electrons. The lowest BCUT2D eigenvalue weighted by atomic mass is 10.1. The lowest BCUT2D eigenvalue weighted by molar-refractivity contribution is -0.118. The monoisotopic (exact) mass is 498 g/mol. The van der Waals surface area contributed by atoms with Gasteiger partial charge in [-0.15, -0.1) is 0 Å². The van der Waals surface area contributed by atoms with E-state index in [9.17, 15) is 4.79 Å². The van der Waals surface area contributed by atoms with Crippen LogP contribution in [0.4, 0.5) is 5.69 Å². The summed E-state index contributed by atoms with van der Waals surface area (Å²) in [6, 6.07) is 19.2. The van der Waals surface area contributed by atoms with Gasteiger partial charge in [0.2, 0.25) is 0 Å². The predicted molar refractivity (Wildman–Crippen MR) is 130 cm³/mol. The molecule has 0 fully saturated rings. The van der Waals surface area contributed by atoms with Gasteiger partial charge in [-0.2, -0.15) is 0 Å². The molecule has 1 amide bonds. The number of ether oxygens (including phenoxy) is 3. The minimum atomic E-state index is -0.241. The number of carbonyl (C=O) groups excluding carboxylic acids is 1. The second-order valence-corrected chi connectivity index (χ2v) is 8.07. The number of halogens is 1. The van der Waals surface area contributed by atoms with Crippen molar-refractivity contribution in [2.45, 2.75) is 20.0 Å². The largest absolute Gasteiger partial charge is 0.496 e. The first-order valence-electron chi connectivity index (χ1n) is 10.2. The maximum atomic E-state index is 12.2. The highest BCUT2D eigenvalue weighted by Gasteiger charge is 2.13. The topological polar surface area (TPSA) is 68.8 Å². The number of benzene rings is 3. The van der Waals surface area contributed by atoms with E-state index in [0.717, 1.165) is 32.6 Å². The van der Waals surface area contributed by atoms with Gasteiger partial charge in [-0.05, 0) is 42.8 Å². The second-order valence-electron chi connectivity index (χ2n) is 7.21. The average Bonchev–Trinajstić information content (AvgIpc) is 2.80. The lowest BCUT2D eigenvalue weighted by Gasteiger charge is -2.15. The normalized spacial score (nSPS) is 10.5. The van der Waals surface area contributed by atoms with E-state index >= 15 is 0 Å². The molecule has 0 spiro atoms. The van der Waals surface area contributed by atoms with Crippen LogP contribution in [0.2, 0.25) is 0 Å². The molecular weight excluding hydrogens is 472 g/mol. The summed E-state index contributed by atoms with van der Waals surface area (Å²) in [6.07, 6.45) is 0. The third kappa shape index (κ3) is 6.48. The van der Waals surface area contributed by atoms with Crippen molar-refractivity contribution in [3.63, 3.8) is 0 Å². The Morgan fingerprint density at radius 2 is 1.56 bits per heavy atom. The first-order chi connectivity index (χ1) is 15.5. The SMILES string of the molecule is COc1ccccc1CNCc1cc(OC)c(OCC(=O)Nc2ccc(C)cc2)cc1Br. The second kappa shape index (κ2) is 11.5. The van der Waals surface area contributed by atoms with Crippen LogP contribution in [0.25, 0.3) is 0 Å². The van der Waals surface area contributed by atoms with Gasteiger partial charge in [-0.25, -0.2) is 0 Å². The zero-order valence-electron chi connectivity index (χ0n) is 18.4. The Balaban J connectivity index is 1.59. The van der Waals surface area contributed by atoms with E-state index in [2.05, 4.69) is 26.6 Å². The molecule has 6 nitrogen and oxygen atoms in total. The Bertz CT molecular complexity index is 1050. The van der Waals surface area contributed by atoms with Gasteiger partial charge in [0.1, 0.15) is 5.75 Å². The molecule has 0 saturated heterocycles. The van der Waals surface area contributed by atoms with Crippen molar-refractivity contribution >= 4 is 27.5 Å². The molecule has 0 unspecified atom stereocenters. The van der Waals surface area contributed by atoms with E-state index in [1.54, 1.807) is 14.2 Å². The van der Waals surface area contributed by atoms with Crippen LogP contribution in [0.3, 0.4) is 0 Å². The van der Waals surface area contributed by atoms with E-state index in [0.29, 0.717) is 24.6 Å². The molecule has 0 bridgehead atoms. The van der Waals surface area contributed by atoms with Crippen molar-refractivity contribution in [1.82, 2.24) is 5.32 Å². The Morgan fingerprint density at radius 1 is 0.875 bits per heavy atom. The predicted octanol–water partition coefficient (Wildman–Crippen LogP) is 5.08. The number of para-hydroxylation sites is 1. The van der Waals surface area contributed by atoms with Crippen molar-refractivity contribution in [2.75, 3.05) is 26.1 Å². The number of nitrogens with one attached hydrogen (secondary N) is 2. The van der Waals surface area contributed by atoms with Gasteiger partial charge in [-0.1, -0.05) is 51.8 Å². The van der Waals surface area contributed by atoms with Crippen LogP contribution in [0.5, 0.6) is 17.2 Å². The van der Waals surface area contributed by atoms with Crippen molar-refractivity contribution in [3.8, 4) is 17.2 Å². The summed E-state index contributed by atoms with van der Waals surface area (Å²) in [5, 5.41) is 6.23. The Hall–Kier alpha value is -3.03. The van der Waals surface area contributed by atoms with E-state index in [1.165, 1.54) is 0 Å². The first-order valence-corrected chi connectivity index (χ1v) is 11.0. The standard InChI is InChI=1S/C25H27BrN2O4/c1-17-8-10-20(11-9-17)28-25(29)16-32-24-13-21(26)19(12-23(24)31-3)15-27-14-18-6-4-5-7-22(18)30-2/h4-13,27H,14-16H2,1-3H3,(H,28,29). The van der Waals surface area contributed by atoms with E-state index in [-0.39, 0.29) is 12.5 Å². The van der Waals surface area contributed by atoms with Crippen molar-refractivity contribution in [2.24, 2.45) is 0 Å². The van der Waals surface area contributed by atoms with Crippen LogP contribution in [-0.2, 0) is 17.9 Å². The molecule has 0 aromatic heterocycles. The van der Waals surface area contributed by atoms with Gasteiger partial charge in [0.25, 0.3) is 5.91 Å². The van der Waals surface area contributed by atoms with Gasteiger partial charge >= 0.3 is 0 Å². The number of rotatable bonds is 10. The fourth-order valence-electron chi connectivity index (χ4n) is 3.14. The molecule has 7 heteroatoms. The molecule has 3 aromatic carbocycles. The van der Waals surface area contributed by atoms with Crippen LogP contribution in [-0.4, -0.2) is 26.7 Å². The van der Waals surface area contributed by atoms with Gasteiger partial charge in [0.15, 0.2) is 18.1 Å². The molecule has 0 aliphatic heterocycles. The Labute approximate surface area is 197 Å².